The average Bonchev–Trinajstić information content (AvgIpc) is 3.36. The largest absolute Gasteiger partial charge is 0.507 e. The third kappa shape index (κ3) is 3.54. The van der Waals surface area contributed by atoms with Crippen LogP contribution in [0.25, 0.3) is 21.9 Å². The summed E-state index contributed by atoms with van der Waals surface area (Å²) < 4.78 is 22.0. The molecule has 3 aromatic carbocycles. The van der Waals surface area contributed by atoms with Crippen LogP contribution in [0.1, 0.15) is 35.2 Å². The Morgan fingerprint density at radius 3 is 2.32 bits per heavy atom. The molecule has 8 nitrogen and oxygen atoms in total. The Kier molecular flexibility index (Phi) is 5.83. The Morgan fingerprint density at radius 1 is 0.971 bits per heavy atom. The van der Waals surface area contributed by atoms with Gasteiger partial charge in [0, 0.05) is 29.6 Å². The van der Waals surface area contributed by atoms with Gasteiger partial charge in [0.25, 0.3) is 5.91 Å². The molecule has 3 aromatic rings. The molecule has 0 atom stereocenters. The van der Waals surface area contributed by atoms with E-state index >= 15 is 0 Å². The van der Waals surface area contributed by atoms with Gasteiger partial charge in [-0.2, -0.15) is 0 Å². The van der Waals surface area contributed by atoms with E-state index in [1.54, 1.807) is 23.1 Å². The molecule has 0 spiro atoms. The zero-order valence-corrected chi connectivity index (χ0v) is 19.2. The van der Waals surface area contributed by atoms with Crippen molar-refractivity contribution in [1.82, 2.24) is 4.90 Å². The van der Waals surface area contributed by atoms with Gasteiger partial charge in [-0.1, -0.05) is 6.07 Å². The zero-order valence-electron chi connectivity index (χ0n) is 19.2. The van der Waals surface area contributed by atoms with Gasteiger partial charge in [0.2, 0.25) is 6.79 Å². The Morgan fingerprint density at radius 2 is 1.65 bits per heavy atom. The first-order chi connectivity index (χ1) is 16.6. The number of aliphatic hydroxyl groups is 1. The Hall–Kier alpha value is -3.65. The molecule has 0 saturated carbocycles. The number of benzene rings is 3. The number of methoxy groups -OCH3 is 2. The van der Waals surface area contributed by atoms with Crippen LogP contribution in [0.4, 0.5) is 0 Å². The Bertz CT molecular complexity index is 1260. The highest BCUT2D eigenvalue weighted by atomic mass is 16.7. The lowest BCUT2D eigenvalue weighted by Gasteiger charge is -2.29. The summed E-state index contributed by atoms with van der Waals surface area (Å²) in [5, 5.41) is 22.6. The first-order valence-corrected chi connectivity index (χ1v) is 11.3. The van der Waals surface area contributed by atoms with Crippen LogP contribution in [-0.2, 0) is 6.61 Å². The van der Waals surface area contributed by atoms with Crippen LogP contribution < -0.4 is 18.9 Å². The number of fused-ring (bicyclic) bond motifs is 2. The molecule has 0 unspecified atom stereocenters. The number of rotatable bonds is 5. The molecular weight excluding hydrogens is 438 g/mol. The average molecular weight is 466 g/mol. The lowest BCUT2D eigenvalue weighted by atomic mass is 9.87. The highest BCUT2D eigenvalue weighted by Crippen LogP contribution is 2.47. The summed E-state index contributed by atoms with van der Waals surface area (Å²) in [6.07, 6.45) is 2.92. The first kappa shape index (κ1) is 22.2. The molecule has 1 fully saturated rings. The van der Waals surface area contributed by atoms with Gasteiger partial charge in [0.05, 0.1) is 26.4 Å². The molecule has 0 radical (unpaired) electrons. The Balaban J connectivity index is 1.86. The summed E-state index contributed by atoms with van der Waals surface area (Å²) in [7, 11) is 3.05. The predicted molar refractivity (Wildman–Crippen MR) is 126 cm³/mol. The molecule has 8 heteroatoms. The van der Waals surface area contributed by atoms with Gasteiger partial charge < -0.3 is 34.1 Å². The van der Waals surface area contributed by atoms with Crippen molar-refractivity contribution in [3.05, 3.63) is 41.5 Å². The molecule has 2 aliphatic heterocycles. The van der Waals surface area contributed by atoms with Crippen LogP contribution in [0.15, 0.2) is 30.3 Å². The van der Waals surface area contributed by atoms with Gasteiger partial charge in [-0.3, -0.25) is 4.79 Å². The number of amides is 1. The van der Waals surface area contributed by atoms with E-state index in [9.17, 15) is 15.0 Å². The number of hydrogen-bond donors (Lipinski definition) is 2. The van der Waals surface area contributed by atoms with Crippen molar-refractivity contribution in [2.45, 2.75) is 25.9 Å². The molecular formula is C26H27NO7. The van der Waals surface area contributed by atoms with E-state index in [0.717, 1.165) is 19.3 Å². The highest BCUT2D eigenvalue weighted by Gasteiger charge is 2.30. The van der Waals surface area contributed by atoms with Crippen LogP contribution in [0.5, 0.6) is 28.7 Å². The van der Waals surface area contributed by atoms with Crippen molar-refractivity contribution in [2.75, 3.05) is 34.1 Å². The maximum atomic E-state index is 13.9. The molecule has 1 saturated heterocycles. The normalized spacial score (nSPS) is 15.0. The fourth-order valence-electron chi connectivity index (χ4n) is 4.85. The summed E-state index contributed by atoms with van der Waals surface area (Å²) in [4.78, 5) is 15.7. The third-order valence-electron chi connectivity index (χ3n) is 6.56. The molecule has 5 rings (SSSR count). The fourth-order valence-corrected chi connectivity index (χ4v) is 4.85. The smallest absolute Gasteiger partial charge is 0.255 e. The second kappa shape index (κ2) is 8.95. The standard InChI is InChI=1S/C26H27NO7/c1-31-20-11-16-17(12-21(20)32-2)25(29)18(13-28)24(26(30)27-8-4-3-5-9-27)23(16)15-6-7-19-22(10-15)34-14-33-19/h6-7,10-12,28-29H,3-5,8-9,13-14H2,1-2H3. The minimum atomic E-state index is -0.497. The fraction of sp³-hybridized carbons (Fsp3) is 0.346. The molecule has 0 bridgehead atoms. The number of phenols is 1. The lowest BCUT2D eigenvalue weighted by Crippen LogP contribution is -2.36. The van der Waals surface area contributed by atoms with Crippen molar-refractivity contribution >= 4 is 16.7 Å². The molecule has 2 aliphatic rings. The zero-order chi connectivity index (χ0) is 23.8. The highest BCUT2D eigenvalue weighted by molar-refractivity contribution is 6.14. The van der Waals surface area contributed by atoms with E-state index in [4.69, 9.17) is 18.9 Å². The maximum Gasteiger partial charge on any atom is 0.255 e. The van der Waals surface area contributed by atoms with E-state index in [-0.39, 0.29) is 29.6 Å². The number of likely N-dealkylation sites (tertiary alicyclic amines) is 1. The second-order valence-corrected chi connectivity index (χ2v) is 8.41. The Labute approximate surface area is 197 Å². The molecule has 1 amide bonds. The SMILES string of the molecule is COc1cc2c(O)c(CO)c(C(=O)N3CCCCC3)c(-c3ccc4c(c3)OCO4)c2cc1OC. The number of ether oxygens (including phenoxy) is 4. The van der Waals surface area contributed by atoms with E-state index < -0.39 is 6.61 Å². The number of aromatic hydroxyl groups is 1. The second-order valence-electron chi connectivity index (χ2n) is 8.41. The van der Waals surface area contributed by atoms with Crippen LogP contribution in [0, 0.1) is 0 Å². The lowest BCUT2D eigenvalue weighted by molar-refractivity contribution is 0.0721. The summed E-state index contributed by atoms with van der Waals surface area (Å²) in [6.45, 7) is 0.897. The van der Waals surface area contributed by atoms with Crippen LogP contribution >= 0.6 is 0 Å². The molecule has 2 heterocycles. The van der Waals surface area contributed by atoms with E-state index in [0.29, 0.717) is 58.0 Å². The minimum absolute atomic E-state index is 0.127. The van der Waals surface area contributed by atoms with Gasteiger partial charge >= 0.3 is 0 Å². The van der Waals surface area contributed by atoms with Crippen molar-refractivity contribution in [3.63, 3.8) is 0 Å². The molecule has 178 valence electrons. The van der Waals surface area contributed by atoms with Gasteiger partial charge in [0.1, 0.15) is 5.75 Å². The molecule has 0 aromatic heterocycles. The molecule has 2 N–H and O–H groups in total. The van der Waals surface area contributed by atoms with Crippen molar-refractivity contribution < 1.29 is 34.0 Å². The number of carbonyl (C=O) groups is 1. The van der Waals surface area contributed by atoms with Gasteiger partial charge in [0.15, 0.2) is 23.0 Å². The number of hydrogen-bond acceptors (Lipinski definition) is 7. The third-order valence-corrected chi connectivity index (χ3v) is 6.56. The summed E-state index contributed by atoms with van der Waals surface area (Å²) >= 11 is 0. The van der Waals surface area contributed by atoms with E-state index in [1.807, 2.05) is 12.1 Å². The summed E-state index contributed by atoms with van der Waals surface area (Å²) in [5.41, 5.74) is 1.76. The van der Waals surface area contributed by atoms with Gasteiger partial charge in [-0.25, -0.2) is 0 Å². The number of carbonyl (C=O) groups excluding carboxylic acids is 1. The minimum Gasteiger partial charge on any atom is -0.507 e. The summed E-state index contributed by atoms with van der Waals surface area (Å²) in [5.74, 6) is 1.72. The van der Waals surface area contributed by atoms with E-state index in [1.165, 1.54) is 14.2 Å². The van der Waals surface area contributed by atoms with E-state index in [2.05, 4.69) is 0 Å². The van der Waals surface area contributed by atoms with Crippen LogP contribution in [-0.4, -0.2) is 55.1 Å². The number of aliphatic hydroxyl groups excluding tert-OH is 1. The summed E-state index contributed by atoms with van der Waals surface area (Å²) in [6, 6.07) is 8.88. The van der Waals surface area contributed by atoms with Crippen molar-refractivity contribution in [3.8, 4) is 39.9 Å². The molecule has 0 aliphatic carbocycles. The van der Waals surface area contributed by atoms with Crippen LogP contribution in [0.2, 0.25) is 0 Å². The van der Waals surface area contributed by atoms with Crippen LogP contribution in [0.3, 0.4) is 0 Å². The maximum absolute atomic E-state index is 13.9. The number of piperidine rings is 1. The first-order valence-electron chi connectivity index (χ1n) is 11.3. The predicted octanol–water partition coefficient (Wildman–Crippen LogP) is 4.08. The van der Waals surface area contributed by atoms with Gasteiger partial charge in [-0.05, 0) is 54.5 Å². The number of nitrogens with zero attached hydrogens (tertiary/aromatic N) is 1. The molecule has 34 heavy (non-hydrogen) atoms. The van der Waals surface area contributed by atoms with Crippen molar-refractivity contribution in [1.29, 1.82) is 0 Å². The van der Waals surface area contributed by atoms with Gasteiger partial charge in [-0.15, -0.1) is 0 Å². The topological polar surface area (TPSA) is 97.7 Å². The monoisotopic (exact) mass is 465 g/mol. The van der Waals surface area contributed by atoms with Crippen molar-refractivity contribution in [2.24, 2.45) is 0 Å². The quantitative estimate of drug-likeness (QED) is 0.586.